The molecule has 25 heavy (non-hydrogen) atoms. The molecule has 0 spiro atoms. The van der Waals surface area contributed by atoms with Crippen LogP contribution in [0.1, 0.15) is 11.1 Å². The van der Waals surface area contributed by atoms with Gasteiger partial charge in [0.15, 0.2) is 0 Å². The molecular weight excluding hydrogens is 350 g/mol. The van der Waals surface area contributed by atoms with E-state index < -0.39 is 0 Å². The van der Waals surface area contributed by atoms with Gasteiger partial charge in [-0.2, -0.15) is 5.10 Å². The van der Waals surface area contributed by atoms with Gasteiger partial charge in [0.05, 0.1) is 11.9 Å². The number of nitrogens with zero attached hydrogens (tertiary/aromatic N) is 3. The maximum atomic E-state index is 5.98. The van der Waals surface area contributed by atoms with Crippen molar-refractivity contribution in [3.05, 3.63) is 87.5 Å². The van der Waals surface area contributed by atoms with E-state index in [1.807, 2.05) is 42.5 Å². The van der Waals surface area contributed by atoms with Crippen LogP contribution in [0.5, 0.6) is 0 Å². The summed E-state index contributed by atoms with van der Waals surface area (Å²) in [6.45, 7) is 6.57. The lowest BCUT2D eigenvalue weighted by atomic mass is 10.2. The highest BCUT2D eigenvalue weighted by atomic mass is 35.5. The second-order valence-corrected chi connectivity index (χ2v) is 6.84. The first-order valence-corrected chi connectivity index (χ1v) is 9.12. The summed E-state index contributed by atoms with van der Waals surface area (Å²) >= 11 is 7.54. The van der Waals surface area contributed by atoms with E-state index in [1.54, 1.807) is 17.6 Å². The van der Waals surface area contributed by atoms with Crippen molar-refractivity contribution in [3.63, 3.8) is 0 Å². The molecule has 0 unspecified atom stereocenters. The summed E-state index contributed by atoms with van der Waals surface area (Å²) in [5.41, 5.74) is 4.42. The average molecular weight is 368 g/mol. The van der Waals surface area contributed by atoms with Crippen LogP contribution in [-0.2, 0) is 6.54 Å². The number of thiazole rings is 1. The maximum absolute atomic E-state index is 5.98. The first kappa shape index (κ1) is 17.4. The molecule has 0 amide bonds. The van der Waals surface area contributed by atoms with Crippen molar-refractivity contribution in [1.82, 2.24) is 4.57 Å². The van der Waals surface area contributed by atoms with Gasteiger partial charge in [-0.25, -0.2) is 0 Å². The Morgan fingerprint density at radius 1 is 1.12 bits per heavy atom. The second-order valence-electron chi connectivity index (χ2n) is 5.56. The molecule has 1 aromatic heterocycles. The monoisotopic (exact) mass is 367 g/mol. The third-order valence-corrected chi connectivity index (χ3v) is 4.78. The van der Waals surface area contributed by atoms with Gasteiger partial charge in [0.2, 0.25) is 4.80 Å². The molecule has 3 aromatic rings. The Morgan fingerprint density at radius 2 is 1.84 bits per heavy atom. The van der Waals surface area contributed by atoms with Gasteiger partial charge in [0, 0.05) is 16.9 Å². The quantitative estimate of drug-likeness (QED) is 0.333. The van der Waals surface area contributed by atoms with E-state index in [1.165, 1.54) is 5.56 Å². The minimum Gasteiger partial charge on any atom is -0.311 e. The van der Waals surface area contributed by atoms with E-state index in [4.69, 9.17) is 11.6 Å². The third-order valence-electron chi connectivity index (χ3n) is 3.68. The van der Waals surface area contributed by atoms with Crippen molar-refractivity contribution in [2.45, 2.75) is 13.5 Å². The highest BCUT2D eigenvalue weighted by Crippen LogP contribution is 2.22. The number of benzene rings is 2. The normalized spacial score (nSPS) is 12.0. The SMILES string of the molecule is C=CCn1c(-c2ccc(Cl)cc2)cs/c1=N\N=C/c1ccc(C)cc1. The first-order valence-electron chi connectivity index (χ1n) is 7.86. The van der Waals surface area contributed by atoms with Gasteiger partial charge in [-0.15, -0.1) is 23.0 Å². The van der Waals surface area contributed by atoms with Gasteiger partial charge in [0.25, 0.3) is 0 Å². The number of halogens is 1. The Hall–Kier alpha value is -2.43. The van der Waals surface area contributed by atoms with Crippen LogP contribution in [0, 0.1) is 6.92 Å². The fourth-order valence-electron chi connectivity index (χ4n) is 2.36. The molecule has 5 heteroatoms. The van der Waals surface area contributed by atoms with Gasteiger partial charge in [-0.1, -0.05) is 59.6 Å². The molecule has 3 nitrogen and oxygen atoms in total. The zero-order chi connectivity index (χ0) is 17.6. The number of aryl methyl sites for hydroxylation is 1. The van der Waals surface area contributed by atoms with Crippen LogP contribution in [0.15, 0.2) is 76.8 Å². The Kier molecular flexibility index (Phi) is 5.64. The van der Waals surface area contributed by atoms with Crippen LogP contribution in [0.3, 0.4) is 0 Å². The Balaban J connectivity index is 1.94. The summed E-state index contributed by atoms with van der Waals surface area (Å²) in [7, 11) is 0. The summed E-state index contributed by atoms with van der Waals surface area (Å²) in [6.07, 6.45) is 3.62. The molecule has 1 heterocycles. The predicted octanol–water partition coefficient (Wildman–Crippen LogP) is 5.30. The van der Waals surface area contributed by atoms with Gasteiger partial charge < -0.3 is 4.57 Å². The molecule has 0 aliphatic rings. The summed E-state index contributed by atoms with van der Waals surface area (Å²) in [5.74, 6) is 0. The molecule has 126 valence electrons. The largest absolute Gasteiger partial charge is 0.311 e. The van der Waals surface area contributed by atoms with E-state index >= 15 is 0 Å². The topological polar surface area (TPSA) is 29.6 Å². The molecule has 0 N–H and O–H groups in total. The average Bonchev–Trinajstić information content (AvgIpc) is 3.01. The second kappa shape index (κ2) is 8.10. The number of rotatable bonds is 5. The third kappa shape index (κ3) is 4.35. The molecular formula is C20H18ClN3S. The van der Waals surface area contributed by atoms with Gasteiger partial charge in [-0.05, 0) is 30.2 Å². The van der Waals surface area contributed by atoms with Crippen molar-refractivity contribution in [2.75, 3.05) is 0 Å². The van der Waals surface area contributed by atoms with Crippen molar-refractivity contribution in [2.24, 2.45) is 10.2 Å². The number of hydrogen-bond donors (Lipinski definition) is 0. The van der Waals surface area contributed by atoms with Crippen LogP contribution in [0.25, 0.3) is 11.3 Å². The van der Waals surface area contributed by atoms with E-state index in [2.05, 4.69) is 45.8 Å². The Labute approximate surface area is 156 Å². The van der Waals surface area contributed by atoms with Crippen LogP contribution < -0.4 is 4.80 Å². The molecule has 0 atom stereocenters. The minimum atomic E-state index is 0.667. The Bertz CT molecular complexity index is 948. The van der Waals surface area contributed by atoms with Crippen LogP contribution in [0.2, 0.25) is 5.02 Å². The maximum Gasteiger partial charge on any atom is 0.211 e. The summed E-state index contributed by atoms with van der Waals surface area (Å²) in [6, 6.07) is 16.0. The molecule has 0 aliphatic carbocycles. The van der Waals surface area contributed by atoms with Gasteiger partial charge in [-0.3, -0.25) is 0 Å². The molecule has 0 fully saturated rings. The molecule has 0 saturated carbocycles. The molecule has 0 aliphatic heterocycles. The van der Waals surface area contributed by atoms with Gasteiger partial charge >= 0.3 is 0 Å². The van der Waals surface area contributed by atoms with Crippen LogP contribution in [0.4, 0.5) is 0 Å². The lowest BCUT2D eigenvalue weighted by molar-refractivity contribution is 0.789. The highest BCUT2D eigenvalue weighted by Gasteiger charge is 2.06. The molecule has 3 rings (SSSR count). The van der Waals surface area contributed by atoms with Gasteiger partial charge in [0.1, 0.15) is 0 Å². The molecule has 2 aromatic carbocycles. The summed E-state index contributed by atoms with van der Waals surface area (Å²) in [4.78, 5) is 0.827. The number of aromatic nitrogens is 1. The lowest BCUT2D eigenvalue weighted by Crippen LogP contribution is -2.14. The highest BCUT2D eigenvalue weighted by molar-refractivity contribution is 7.07. The molecule has 0 radical (unpaired) electrons. The number of hydrogen-bond acceptors (Lipinski definition) is 3. The number of allylic oxidation sites excluding steroid dienone is 1. The van der Waals surface area contributed by atoms with E-state index in [-0.39, 0.29) is 0 Å². The zero-order valence-electron chi connectivity index (χ0n) is 13.9. The van der Waals surface area contributed by atoms with Crippen molar-refractivity contribution < 1.29 is 0 Å². The van der Waals surface area contributed by atoms with E-state index in [9.17, 15) is 0 Å². The molecule has 0 saturated heterocycles. The lowest BCUT2D eigenvalue weighted by Gasteiger charge is -2.06. The standard InChI is InChI=1S/C20H18ClN3S/c1-3-12-24-19(17-8-10-18(21)11-9-17)14-25-20(24)23-22-13-16-6-4-15(2)5-7-16/h3-11,13-14H,1,12H2,2H3/b22-13-,23-20-. The summed E-state index contributed by atoms with van der Waals surface area (Å²) < 4.78 is 2.09. The molecule has 0 bridgehead atoms. The van der Waals surface area contributed by atoms with E-state index in [0.29, 0.717) is 6.54 Å². The van der Waals surface area contributed by atoms with Crippen LogP contribution in [-0.4, -0.2) is 10.8 Å². The van der Waals surface area contributed by atoms with Crippen molar-refractivity contribution >= 4 is 29.2 Å². The van der Waals surface area contributed by atoms with Crippen molar-refractivity contribution in [1.29, 1.82) is 0 Å². The smallest absolute Gasteiger partial charge is 0.211 e. The fourth-order valence-corrected chi connectivity index (χ4v) is 3.36. The zero-order valence-corrected chi connectivity index (χ0v) is 15.5. The fraction of sp³-hybridized carbons (Fsp3) is 0.100. The Morgan fingerprint density at radius 3 is 2.52 bits per heavy atom. The van der Waals surface area contributed by atoms with E-state index in [0.717, 1.165) is 26.6 Å². The minimum absolute atomic E-state index is 0.667. The first-order chi connectivity index (χ1) is 12.2. The van der Waals surface area contributed by atoms with Crippen LogP contribution >= 0.6 is 22.9 Å². The summed E-state index contributed by atoms with van der Waals surface area (Å²) in [5, 5.41) is 11.4. The predicted molar refractivity (Wildman–Crippen MR) is 107 cm³/mol. The van der Waals surface area contributed by atoms with Crippen molar-refractivity contribution in [3.8, 4) is 11.3 Å².